The lowest BCUT2D eigenvalue weighted by molar-refractivity contribution is 0.0533. The molecule has 2 N–H and O–H groups in total. The smallest absolute Gasteiger partial charge is 0.350 e. The van der Waals surface area contributed by atoms with E-state index in [1.54, 1.807) is 6.92 Å². The molecule has 0 fully saturated rings. The van der Waals surface area contributed by atoms with Crippen molar-refractivity contribution in [3.8, 4) is 6.07 Å². The molecular weight excluding hydrogens is 284 g/mol. The van der Waals surface area contributed by atoms with E-state index in [1.807, 2.05) is 31.2 Å². The Hall–Kier alpha value is -2.32. The molecule has 0 saturated heterocycles. The van der Waals surface area contributed by atoms with Gasteiger partial charge in [0.1, 0.15) is 10.9 Å². The van der Waals surface area contributed by atoms with Crippen LogP contribution in [0.25, 0.3) is 0 Å². The Kier molecular flexibility index (Phi) is 4.61. The molecule has 0 aliphatic heterocycles. The minimum Gasteiger partial charge on any atom is -0.462 e. The maximum Gasteiger partial charge on any atom is 0.350 e. The molecule has 0 unspecified atom stereocenters. The number of nitrogens with zero attached hydrogens (tertiary/aromatic N) is 1. The van der Waals surface area contributed by atoms with Crippen molar-refractivity contribution in [2.24, 2.45) is 0 Å². The van der Waals surface area contributed by atoms with Crippen LogP contribution in [0, 0.1) is 18.3 Å². The van der Waals surface area contributed by atoms with Gasteiger partial charge in [-0.25, -0.2) is 4.79 Å². The van der Waals surface area contributed by atoms with Gasteiger partial charge in [-0.3, -0.25) is 0 Å². The Morgan fingerprint density at radius 1 is 1.38 bits per heavy atom. The van der Waals surface area contributed by atoms with Crippen LogP contribution in [0.4, 0.5) is 5.69 Å². The molecule has 5 heteroatoms. The van der Waals surface area contributed by atoms with Gasteiger partial charge in [0.25, 0.3) is 0 Å². The van der Waals surface area contributed by atoms with E-state index in [-0.39, 0.29) is 12.3 Å². The van der Waals surface area contributed by atoms with Gasteiger partial charge in [-0.1, -0.05) is 29.8 Å². The number of anilines is 1. The zero-order chi connectivity index (χ0) is 15.4. The van der Waals surface area contributed by atoms with E-state index in [9.17, 15) is 10.1 Å². The fourth-order valence-electron chi connectivity index (χ4n) is 1.98. The van der Waals surface area contributed by atoms with E-state index < -0.39 is 5.97 Å². The van der Waals surface area contributed by atoms with Crippen LogP contribution in [0.1, 0.15) is 38.2 Å². The number of aryl methyl sites for hydroxylation is 1. The van der Waals surface area contributed by atoms with E-state index in [0.717, 1.165) is 10.4 Å². The second-order valence-electron chi connectivity index (χ2n) is 4.64. The maximum atomic E-state index is 11.8. The fourth-order valence-corrected chi connectivity index (χ4v) is 3.08. The van der Waals surface area contributed by atoms with Crippen molar-refractivity contribution in [3.63, 3.8) is 0 Å². The van der Waals surface area contributed by atoms with E-state index in [2.05, 4.69) is 6.07 Å². The van der Waals surface area contributed by atoms with E-state index >= 15 is 0 Å². The summed E-state index contributed by atoms with van der Waals surface area (Å²) >= 11 is 1.24. The predicted octanol–water partition coefficient (Wildman–Crippen LogP) is 3.28. The molecule has 21 heavy (non-hydrogen) atoms. The number of hydrogen-bond acceptors (Lipinski definition) is 5. The number of nitriles is 1. The average molecular weight is 300 g/mol. The molecule has 4 nitrogen and oxygen atoms in total. The number of nitrogens with two attached hydrogens (primary N) is 1. The molecule has 0 saturated carbocycles. The molecule has 0 aliphatic rings. The van der Waals surface area contributed by atoms with Gasteiger partial charge in [0.2, 0.25) is 0 Å². The zero-order valence-corrected chi connectivity index (χ0v) is 12.8. The Labute approximate surface area is 127 Å². The van der Waals surface area contributed by atoms with Crippen molar-refractivity contribution >= 4 is 23.0 Å². The molecule has 1 aromatic carbocycles. The van der Waals surface area contributed by atoms with Crippen molar-refractivity contribution in [3.05, 3.63) is 50.7 Å². The van der Waals surface area contributed by atoms with Crippen LogP contribution >= 0.6 is 11.3 Å². The maximum absolute atomic E-state index is 11.8. The highest BCUT2D eigenvalue weighted by molar-refractivity contribution is 7.14. The lowest BCUT2D eigenvalue weighted by Crippen LogP contribution is -2.05. The van der Waals surface area contributed by atoms with E-state index in [1.165, 1.54) is 16.9 Å². The van der Waals surface area contributed by atoms with Gasteiger partial charge >= 0.3 is 5.97 Å². The third-order valence-corrected chi connectivity index (χ3v) is 4.26. The van der Waals surface area contributed by atoms with Crippen LogP contribution in [0.2, 0.25) is 0 Å². The summed E-state index contributed by atoms with van der Waals surface area (Å²) in [5, 5.41) is 9.27. The second kappa shape index (κ2) is 6.42. The average Bonchev–Trinajstić information content (AvgIpc) is 2.78. The van der Waals surface area contributed by atoms with Gasteiger partial charge in [0.05, 0.1) is 17.9 Å². The van der Waals surface area contributed by atoms with Crippen molar-refractivity contribution in [1.29, 1.82) is 5.26 Å². The summed E-state index contributed by atoms with van der Waals surface area (Å²) in [7, 11) is 0. The predicted molar refractivity (Wildman–Crippen MR) is 83.4 cm³/mol. The summed E-state index contributed by atoms with van der Waals surface area (Å²) in [6.07, 6.45) is 0.581. The number of esters is 1. The number of hydrogen-bond donors (Lipinski definition) is 1. The summed E-state index contributed by atoms with van der Waals surface area (Å²) in [6, 6.07) is 10.1. The minimum absolute atomic E-state index is 0.225. The van der Waals surface area contributed by atoms with Crippen LogP contribution in [0.15, 0.2) is 24.3 Å². The first-order chi connectivity index (χ1) is 10.1. The molecule has 1 heterocycles. The highest BCUT2D eigenvalue weighted by Gasteiger charge is 2.21. The summed E-state index contributed by atoms with van der Waals surface area (Å²) < 4.78 is 4.97. The zero-order valence-electron chi connectivity index (χ0n) is 12.0. The standard InChI is InChI=1S/C16H16N2O2S/c1-3-20-16(19)15-14(18)12(9-17)13(21-15)8-11-6-4-10(2)5-7-11/h4-7H,3,8,18H2,1-2H3. The SMILES string of the molecule is CCOC(=O)c1sc(Cc2ccc(C)cc2)c(C#N)c1N. The van der Waals surface area contributed by atoms with Crippen LogP contribution in [-0.2, 0) is 11.2 Å². The van der Waals surface area contributed by atoms with Crippen molar-refractivity contribution in [2.45, 2.75) is 20.3 Å². The Morgan fingerprint density at radius 2 is 2.05 bits per heavy atom. The lowest BCUT2D eigenvalue weighted by atomic mass is 10.1. The fraction of sp³-hybridized carbons (Fsp3) is 0.250. The molecule has 0 atom stereocenters. The Morgan fingerprint density at radius 3 is 2.62 bits per heavy atom. The van der Waals surface area contributed by atoms with Crippen LogP contribution in [0.3, 0.4) is 0 Å². The molecule has 0 amide bonds. The summed E-state index contributed by atoms with van der Waals surface area (Å²) in [6.45, 7) is 4.04. The number of benzene rings is 1. The first kappa shape index (κ1) is 15.1. The van der Waals surface area contributed by atoms with E-state index in [4.69, 9.17) is 10.5 Å². The van der Waals surface area contributed by atoms with Gasteiger partial charge in [0, 0.05) is 11.3 Å². The third kappa shape index (κ3) is 3.23. The summed E-state index contributed by atoms with van der Waals surface area (Å²) in [5.41, 5.74) is 8.77. The second-order valence-corrected chi connectivity index (χ2v) is 5.74. The number of thiophene rings is 1. The van der Waals surface area contributed by atoms with Gasteiger partial charge in [-0.2, -0.15) is 5.26 Å². The topological polar surface area (TPSA) is 76.1 Å². The first-order valence-corrected chi connectivity index (χ1v) is 7.42. The van der Waals surface area contributed by atoms with Crippen molar-refractivity contribution in [2.75, 3.05) is 12.3 Å². The number of carbonyl (C=O) groups is 1. The molecule has 0 spiro atoms. The first-order valence-electron chi connectivity index (χ1n) is 6.60. The number of ether oxygens (including phenoxy) is 1. The normalized spacial score (nSPS) is 10.1. The molecule has 0 aliphatic carbocycles. The monoisotopic (exact) mass is 300 g/mol. The molecule has 1 aromatic heterocycles. The minimum atomic E-state index is -0.466. The molecule has 0 bridgehead atoms. The molecule has 0 radical (unpaired) electrons. The molecule has 2 aromatic rings. The summed E-state index contributed by atoms with van der Waals surface area (Å²) in [4.78, 5) is 13.0. The van der Waals surface area contributed by atoms with Crippen LogP contribution in [-0.4, -0.2) is 12.6 Å². The highest BCUT2D eigenvalue weighted by atomic mass is 32.1. The largest absolute Gasteiger partial charge is 0.462 e. The lowest BCUT2D eigenvalue weighted by Gasteiger charge is -2.00. The summed E-state index contributed by atoms with van der Waals surface area (Å²) in [5.74, 6) is -0.466. The van der Waals surface area contributed by atoms with Gasteiger partial charge in [-0.05, 0) is 19.4 Å². The van der Waals surface area contributed by atoms with E-state index in [0.29, 0.717) is 16.9 Å². The quantitative estimate of drug-likeness (QED) is 0.879. The molecular formula is C16H16N2O2S. The third-order valence-electron chi connectivity index (χ3n) is 3.08. The van der Waals surface area contributed by atoms with Gasteiger partial charge in [-0.15, -0.1) is 11.3 Å². The Bertz CT molecular complexity index is 696. The van der Waals surface area contributed by atoms with Gasteiger partial charge < -0.3 is 10.5 Å². The van der Waals surface area contributed by atoms with Crippen molar-refractivity contribution in [1.82, 2.24) is 0 Å². The number of carbonyl (C=O) groups excluding carboxylic acids is 1. The number of rotatable bonds is 4. The molecule has 108 valence electrons. The van der Waals surface area contributed by atoms with Gasteiger partial charge in [0.15, 0.2) is 0 Å². The number of nitrogen functional groups attached to an aromatic ring is 1. The van der Waals surface area contributed by atoms with Crippen LogP contribution in [0.5, 0.6) is 0 Å². The highest BCUT2D eigenvalue weighted by Crippen LogP contribution is 2.32. The van der Waals surface area contributed by atoms with Crippen LogP contribution < -0.4 is 5.73 Å². The Balaban J connectivity index is 2.35. The molecule has 2 rings (SSSR count). The van der Waals surface area contributed by atoms with Crippen molar-refractivity contribution < 1.29 is 9.53 Å².